The van der Waals surface area contributed by atoms with Crippen LogP contribution in [0.4, 0.5) is 18.9 Å². The maximum absolute atomic E-state index is 13.1. The number of para-hydroxylation sites is 2. The van der Waals surface area contributed by atoms with Crippen LogP contribution in [-0.4, -0.2) is 46.6 Å². The molecule has 2 amide bonds. The van der Waals surface area contributed by atoms with Crippen LogP contribution in [0, 0.1) is 0 Å². The van der Waals surface area contributed by atoms with Crippen molar-refractivity contribution in [3.8, 4) is 17.2 Å². The minimum absolute atomic E-state index is 0.0205. The molecule has 42 heavy (non-hydrogen) atoms. The number of amides is 2. The Morgan fingerprint density at radius 1 is 0.976 bits per heavy atom. The molecule has 0 aliphatic heterocycles. The number of carbonyl (C=O) groups excluding carboxylic acids is 2. The predicted molar refractivity (Wildman–Crippen MR) is 152 cm³/mol. The lowest BCUT2D eigenvalue weighted by Gasteiger charge is -2.14. The normalized spacial score (nSPS) is 11.2. The van der Waals surface area contributed by atoms with Crippen molar-refractivity contribution in [1.82, 2.24) is 20.1 Å². The highest BCUT2D eigenvalue weighted by Gasteiger charge is 2.31. The lowest BCUT2D eigenvalue weighted by Crippen LogP contribution is -2.26. The van der Waals surface area contributed by atoms with E-state index in [0.29, 0.717) is 28.2 Å². The minimum Gasteiger partial charge on any atom is -0.497 e. The second kappa shape index (κ2) is 13.6. The van der Waals surface area contributed by atoms with Gasteiger partial charge in [0.25, 0.3) is 0 Å². The molecule has 0 atom stereocenters. The maximum atomic E-state index is 13.1. The van der Waals surface area contributed by atoms with Gasteiger partial charge in [0, 0.05) is 0 Å². The van der Waals surface area contributed by atoms with Gasteiger partial charge in [-0.1, -0.05) is 47.6 Å². The third-order valence-electron chi connectivity index (χ3n) is 5.89. The van der Waals surface area contributed by atoms with Crippen molar-refractivity contribution in [1.29, 1.82) is 0 Å². The zero-order valence-electron chi connectivity index (χ0n) is 22.4. The summed E-state index contributed by atoms with van der Waals surface area (Å²) >= 11 is 7.00. The molecule has 0 saturated carbocycles. The minimum atomic E-state index is -4.59. The third kappa shape index (κ3) is 7.74. The molecule has 0 unspecified atom stereocenters. The Labute approximate surface area is 248 Å². The summed E-state index contributed by atoms with van der Waals surface area (Å²) in [6, 6.07) is 16.8. The fraction of sp³-hybridized carbons (Fsp3) is 0.214. The number of ether oxygens (including phenoxy) is 2. The molecule has 0 fully saturated rings. The third-order valence-corrected chi connectivity index (χ3v) is 7.15. The summed E-state index contributed by atoms with van der Waals surface area (Å²) in [5.74, 6) is 0.465. The first kappa shape index (κ1) is 30.7. The summed E-state index contributed by atoms with van der Waals surface area (Å²) in [6.45, 7) is 0.0205. The zero-order valence-corrected chi connectivity index (χ0v) is 23.9. The van der Waals surface area contributed by atoms with Gasteiger partial charge in [-0.25, -0.2) is 0 Å². The Balaban J connectivity index is 1.50. The molecule has 2 N–H and O–H groups in total. The van der Waals surface area contributed by atoms with Gasteiger partial charge in [0.15, 0.2) is 11.0 Å². The van der Waals surface area contributed by atoms with Crippen molar-refractivity contribution in [2.75, 3.05) is 25.3 Å². The number of nitrogens with one attached hydrogen (secondary N) is 2. The summed E-state index contributed by atoms with van der Waals surface area (Å²) in [6.07, 6.45) is -4.46. The van der Waals surface area contributed by atoms with Gasteiger partial charge in [0.2, 0.25) is 11.8 Å². The molecule has 4 rings (SSSR count). The summed E-state index contributed by atoms with van der Waals surface area (Å²) in [7, 11) is 3.06. The van der Waals surface area contributed by atoms with E-state index in [0.717, 1.165) is 35.5 Å². The highest BCUT2D eigenvalue weighted by molar-refractivity contribution is 7.99. The molecule has 0 spiro atoms. The first-order chi connectivity index (χ1) is 20.1. The average Bonchev–Trinajstić information content (AvgIpc) is 3.38. The van der Waals surface area contributed by atoms with Crippen molar-refractivity contribution >= 4 is 40.9 Å². The van der Waals surface area contributed by atoms with Crippen LogP contribution >= 0.6 is 23.4 Å². The van der Waals surface area contributed by atoms with E-state index in [1.54, 1.807) is 60.2 Å². The van der Waals surface area contributed by atoms with Gasteiger partial charge in [-0.3, -0.25) is 14.2 Å². The molecule has 0 aliphatic carbocycles. The van der Waals surface area contributed by atoms with E-state index in [-0.39, 0.29) is 35.3 Å². The van der Waals surface area contributed by atoms with E-state index in [9.17, 15) is 22.8 Å². The van der Waals surface area contributed by atoms with Crippen LogP contribution in [0.1, 0.15) is 17.0 Å². The van der Waals surface area contributed by atoms with E-state index in [4.69, 9.17) is 21.1 Å². The number of anilines is 1. The van der Waals surface area contributed by atoms with Crippen LogP contribution in [-0.2, 0) is 28.7 Å². The predicted octanol–water partition coefficient (Wildman–Crippen LogP) is 5.55. The second-order valence-corrected chi connectivity index (χ2v) is 10.1. The number of thioether (sulfide) groups is 1. The van der Waals surface area contributed by atoms with Gasteiger partial charge in [-0.05, 0) is 48.0 Å². The molecular formula is C28H25ClF3N5O4S. The molecule has 1 heterocycles. The van der Waals surface area contributed by atoms with Crippen molar-refractivity contribution in [3.05, 3.63) is 88.7 Å². The van der Waals surface area contributed by atoms with Crippen LogP contribution in [0.2, 0.25) is 5.02 Å². The molecular weight excluding hydrogens is 595 g/mol. The SMILES string of the molecule is COc1ccc(CC(=O)NCc2nnc(SCC(=O)Nc3cc(C(F)(F)F)ccc3Cl)n2-c2ccccc2OC)cc1. The summed E-state index contributed by atoms with van der Waals surface area (Å²) in [5.41, 5.74) is 0.254. The molecule has 1 aromatic heterocycles. The molecule has 220 valence electrons. The molecule has 4 aromatic rings. The number of hydrogen-bond acceptors (Lipinski definition) is 7. The lowest BCUT2D eigenvalue weighted by molar-refractivity contribution is -0.137. The van der Waals surface area contributed by atoms with Gasteiger partial charge in [-0.2, -0.15) is 13.2 Å². The quantitative estimate of drug-likeness (QED) is 0.212. The number of nitrogens with zero attached hydrogens (tertiary/aromatic N) is 3. The van der Waals surface area contributed by atoms with Crippen molar-refractivity contribution < 1.29 is 32.2 Å². The van der Waals surface area contributed by atoms with Gasteiger partial charge in [-0.15, -0.1) is 10.2 Å². The fourth-order valence-corrected chi connectivity index (χ4v) is 4.78. The number of rotatable bonds is 11. The highest BCUT2D eigenvalue weighted by atomic mass is 35.5. The van der Waals surface area contributed by atoms with Crippen LogP contribution in [0.15, 0.2) is 71.9 Å². The first-order valence-corrected chi connectivity index (χ1v) is 13.7. The largest absolute Gasteiger partial charge is 0.497 e. The van der Waals surface area contributed by atoms with Gasteiger partial charge >= 0.3 is 6.18 Å². The van der Waals surface area contributed by atoms with Crippen LogP contribution < -0.4 is 20.1 Å². The van der Waals surface area contributed by atoms with E-state index in [2.05, 4.69) is 20.8 Å². The Morgan fingerprint density at radius 2 is 1.71 bits per heavy atom. The first-order valence-electron chi connectivity index (χ1n) is 12.4. The van der Waals surface area contributed by atoms with Crippen LogP contribution in [0.3, 0.4) is 0 Å². The monoisotopic (exact) mass is 619 g/mol. The van der Waals surface area contributed by atoms with Gasteiger partial charge in [0.05, 0.1) is 54.9 Å². The van der Waals surface area contributed by atoms with Crippen LogP contribution in [0.25, 0.3) is 5.69 Å². The fourth-order valence-electron chi connectivity index (χ4n) is 3.85. The summed E-state index contributed by atoms with van der Waals surface area (Å²) in [5, 5.41) is 13.9. The molecule has 0 radical (unpaired) electrons. The summed E-state index contributed by atoms with van der Waals surface area (Å²) in [4.78, 5) is 25.3. The lowest BCUT2D eigenvalue weighted by atomic mass is 10.1. The van der Waals surface area contributed by atoms with Crippen LogP contribution in [0.5, 0.6) is 11.5 Å². The molecule has 9 nitrogen and oxygen atoms in total. The van der Waals surface area contributed by atoms with Gasteiger partial charge < -0.3 is 20.1 Å². The highest BCUT2D eigenvalue weighted by Crippen LogP contribution is 2.34. The molecule has 3 aromatic carbocycles. The smallest absolute Gasteiger partial charge is 0.416 e. The molecule has 0 bridgehead atoms. The summed E-state index contributed by atoms with van der Waals surface area (Å²) < 4.78 is 51.6. The number of alkyl halides is 3. The Morgan fingerprint density at radius 3 is 2.40 bits per heavy atom. The number of carbonyl (C=O) groups is 2. The number of methoxy groups -OCH3 is 2. The van der Waals surface area contributed by atoms with Gasteiger partial charge in [0.1, 0.15) is 11.5 Å². The standard InChI is InChI=1S/C28H25ClF3N5O4S/c1-40-19-10-7-17(8-11-19)13-25(38)33-15-24-35-36-27(37(24)22-5-3-4-6-23(22)41-2)42-16-26(39)34-21-14-18(28(30,31)32)9-12-20(21)29/h3-12,14H,13,15-16H2,1-2H3,(H,33,38)(H,34,39). The Bertz CT molecular complexity index is 1560. The van der Waals surface area contributed by atoms with Crippen molar-refractivity contribution in [2.45, 2.75) is 24.3 Å². The molecule has 0 saturated heterocycles. The molecule has 14 heteroatoms. The maximum Gasteiger partial charge on any atom is 0.416 e. The zero-order chi connectivity index (χ0) is 30.3. The van der Waals surface area contributed by atoms with E-state index >= 15 is 0 Å². The number of aromatic nitrogens is 3. The second-order valence-electron chi connectivity index (χ2n) is 8.74. The topological polar surface area (TPSA) is 107 Å². The average molecular weight is 620 g/mol. The number of halogens is 4. The van der Waals surface area contributed by atoms with Crippen molar-refractivity contribution in [3.63, 3.8) is 0 Å². The van der Waals surface area contributed by atoms with E-state index in [1.165, 1.54) is 7.11 Å². The number of hydrogen-bond donors (Lipinski definition) is 2. The Kier molecular flexibility index (Phi) is 9.96. The van der Waals surface area contributed by atoms with Crippen molar-refractivity contribution in [2.24, 2.45) is 0 Å². The molecule has 0 aliphatic rings. The van der Waals surface area contributed by atoms with E-state index in [1.807, 2.05) is 0 Å². The number of benzene rings is 3. The Hall–Kier alpha value is -4.23. The van der Waals surface area contributed by atoms with E-state index < -0.39 is 17.6 Å².